The van der Waals surface area contributed by atoms with E-state index in [-0.39, 0.29) is 36.6 Å². The van der Waals surface area contributed by atoms with E-state index in [0.29, 0.717) is 31.0 Å². The Balaban J connectivity index is 2.04. The minimum Gasteiger partial charge on any atom is -0.465 e. The average Bonchev–Trinajstić information content (AvgIpc) is 2.71. The second-order valence-corrected chi connectivity index (χ2v) is 7.96. The number of nitrogens with one attached hydrogen (secondary N) is 2. The number of hydrogen-bond donors (Lipinski definition) is 3. The molecular weight excluding hydrogens is 396 g/mol. The highest BCUT2D eigenvalue weighted by atomic mass is 32.2. The summed E-state index contributed by atoms with van der Waals surface area (Å²) in [5.41, 5.74) is 0.898. The summed E-state index contributed by atoms with van der Waals surface area (Å²) in [6.45, 7) is 5.60. The van der Waals surface area contributed by atoms with Gasteiger partial charge in [-0.1, -0.05) is 13.8 Å². The number of amides is 4. The predicted molar refractivity (Wildman–Crippen MR) is 112 cm³/mol. The second kappa shape index (κ2) is 10.8. The van der Waals surface area contributed by atoms with Crippen LogP contribution in [-0.2, 0) is 0 Å². The normalized spacial score (nSPS) is 14.1. The van der Waals surface area contributed by atoms with Gasteiger partial charge >= 0.3 is 12.1 Å². The molecule has 1 aliphatic rings. The van der Waals surface area contributed by atoms with Gasteiger partial charge in [0.2, 0.25) is 0 Å². The van der Waals surface area contributed by atoms with Crippen LogP contribution < -0.4 is 10.6 Å². The first-order valence-corrected chi connectivity index (χ1v) is 10.9. The molecule has 0 aromatic carbocycles. The summed E-state index contributed by atoms with van der Waals surface area (Å²) in [6, 6.07) is 1.29. The molecule has 10 nitrogen and oxygen atoms in total. The average molecular weight is 425 g/mol. The molecular formula is C18H28N6O4S. The van der Waals surface area contributed by atoms with Crippen LogP contribution in [-0.4, -0.2) is 87.9 Å². The van der Waals surface area contributed by atoms with Crippen molar-refractivity contribution in [2.75, 3.05) is 50.0 Å². The number of carbonyl (C=O) groups is 3. The first-order valence-electron chi connectivity index (χ1n) is 9.52. The summed E-state index contributed by atoms with van der Waals surface area (Å²) < 4.78 is 0. The van der Waals surface area contributed by atoms with Crippen LogP contribution in [0.1, 0.15) is 42.2 Å². The van der Waals surface area contributed by atoms with E-state index in [9.17, 15) is 14.4 Å². The molecule has 11 heteroatoms. The molecule has 0 spiro atoms. The Morgan fingerprint density at radius 3 is 2.41 bits per heavy atom. The summed E-state index contributed by atoms with van der Waals surface area (Å²) in [7, 11) is 0. The number of rotatable bonds is 7. The van der Waals surface area contributed by atoms with Crippen LogP contribution in [0.25, 0.3) is 0 Å². The SMILES string of the molecule is CSCCCNC(=O)Nc1nnc(C(=O)N2CCN(C(=O)O)CC2)cc1C(C)C. The molecule has 2 heterocycles. The highest BCUT2D eigenvalue weighted by Gasteiger charge is 2.26. The van der Waals surface area contributed by atoms with E-state index in [1.165, 1.54) is 4.90 Å². The van der Waals surface area contributed by atoms with Gasteiger partial charge in [0, 0.05) is 38.3 Å². The molecule has 0 atom stereocenters. The third kappa shape index (κ3) is 6.48. The van der Waals surface area contributed by atoms with Crippen molar-refractivity contribution in [3.05, 3.63) is 17.3 Å². The van der Waals surface area contributed by atoms with Crippen molar-refractivity contribution in [3.63, 3.8) is 0 Å². The van der Waals surface area contributed by atoms with Crippen molar-refractivity contribution in [2.24, 2.45) is 0 Å². The molecule has 1 aliphatic heterocycles. The summed E-state index contributed by atoms with van der Waals surface area (Å²) in [4.78, 5) is 38.7. The van der Waals surface area contributed by atoms with Crippen LogP contribution >= 0.6 is 11.8 Å². The van der Waals surface area contributed by atoms with Gasteiger partial charge in [-0.3, -0.25) is 10.1 Å². The zero-order valence-corrected chi connectivity index (χ0v) is 17.8. The molecule has 4 amide bonds. The minimum absolute atomic E-state index is 0.0210. The Bertz CT molecular complexity index is 737. The van der Waals surface area contributed by atoms with E-state index >= 15 is 0 Å². The lowest BCUT2D eigenvalue weighted by molar-refractivity contribution is 0.0618. The fourth-order valence-electron chi connectivity index (χ4n) is 2.88. The van der Waals surface area contributed by atoms with E-state index in [2.05, 4.69) is 20.8 Å². The van der Waals surface area contributed by atoms with E-state index < -0.39 is 6.09 Å². The van der Waals surface area contributed by atoms with E-state index in [1.807, 2.05) is 20.1 Å². The summed E-state index contributed by atoms with van der Waals surface area (Å²) >= 11 is 1.72. The zero-order valence-electron chi connectivity index (χ0n) is 17.0. The predicted octanol–water partition coefficient (Wildman–Crippen LogP) is 1.91. The number of anilines is 1. The van der Waals surface area contributed by atoms with Crippen molar-refractivity contribution in [2.45, 2.75) is 26.2 Å². The molecule has 2 rings (SSSR count). The topological polar surface area (TPSA) is 128 Å². The number of carbonyl (C=O) groups excluding carboxylic acids is 2. The van der Waals surface area contributed by atoms with Crippen molar-refractivity contribution >= 4 is 35.6 Å². The standard InChI is InChI=1S/C18H28N6O4S/c1-12(2)13-11-14(16(25)23-6-8-24(9-7-23)18(27)28)21-22-15(13)20-17(26)19-5-4-10-29-3/h11-12H,4-10H2,1-3H3,(H,27,28)(H2,19,20,22,26). The van der Waals surface area contributed by atoms with Gasteiger partial charge in [-0.2, -0.15) is 11.8 Å². The Hall–Kier alpha value is -2.56. The van der Waals surface area contributed by atoms with Gasteiger partial charge in [0.15, 0.2) is 11.5 Å². The highest BCUT2D eigenvalue weighted by Crippen LogP contribution is 2.23. The Morgan fingerprint density at radius 2 is 1.83 bits per heavy atom. The summed E-state index contributed by atoms with van der Waals surface area (Å²) in [5.74, 6) is 1.02. The molecule has 0 bridgehead atoms. The van der Waals surface area contributed by atoms with Crippen molar-refractivity contribution in [1.29, 1.82) is 0 Å². The Kier molecular flexibility index (Phi) is 8.50. The Labute approximate surface area is 174 Å². The fraction of sp³-hybridized carbons (Fsp3) is 0.611. The third-order valence-corrected chi connectivity index (χ3v) is 5.24. The number of thioether (sulfide) groups is 1. The highest BCUT2D eigenvalue weighted by molar-refractivity contribution is 7.98. The van der Waals surface area contributed by atoms with Crippen LogP contribution in [0.2, 0.25) is 0 Å². The monoisotopic (exact) mass is 424 g/mol. The van der Waals surface area contributed by atoms with Crippen molar-refractivity contribution in [3.8, 4) is 0 Å². The summed E-state index contributed by atoms with van der Waals surface area (Å²) in [5, 5.41) is 22.6. The summed E-state index contributed by atoms with van der Waals surface area (Å²) in [6.07, 6.45) is 1.90. The number of hydrogen-bond acceptors (Lipinski definition) is 6. The lowest BCUT2D eigenvalue weighted by Gasteiger charge is -2.32. The molecule has 160 valence electrons. The molecule has 1 saturated heterocycles. The minimum atomic E-state index is -0.985. The maximum atomic E-state index is 12.7. The number of aromatic nitrogens is 2. The van der Waals surface area contributed by atoms with Crippen LogP contribution in [0.15, 0.2) is 6.07 Å². The number of carboxylic acid groups (broad SMARTS) is 1. The zero-order chi connectivity index (χ0) is 21.4. The fourth-order valence-corrected chi connectivity index (χ4v) is 3.31. The quantitative estimate of drug-likeness (QED) is 0.570. The molecule has 0 unspecified atom stereocenters. The maximum Gasteiger partial charge on any atom is 0.407 e. The van der Waals surface area contributed by atoms with Crippen LogP contribution in [0.4, 0.5) is 15.4 Å². The van der Waals surface area contributed by atoms with Gasteiger partial charge in [0.05, 0.1) is 0 Å². The van der Waals surface area contributed by atoms with Gasteiger partial charge in [-0.05, 0) is 30.4 Å². The van der Waals surface area contributed by atoms with Gasteiger partial charge in [0.1, 0.15) is 0 Å². The first kappa shape index (κ1) is 22.7. The largest absolute Gasteiger partial charge is 0.465 e. The molecule has 1 aromatic rings. The van der Waals surface area contributed by atoms with E-state index in [4.69, 9.17) is 5.11 Å². The molecule has 1 aromatic heterocycles. The van der Waals surface area contributed by atoms with Crippen molar-refractivity contribution < 1.29 is 19.5 Å². The van der Waals surface area contributed by atoms with Crippen LogP contribution in [0.5, 0.6) is 0 Å². The van der Waals surface area contributed by atoms with E-state index in [1.54, 1.807) is 22.7 Å². The van der Waals surface area contributed by atoms with Crippen molar-refractivity contribution in [1.82, 2.24) is 25.3 Å². The number of piperazine rings is 1. The lowest BCUT2D eigenvalue weighted by Crippen LogP contribution is -2.50. The smallest absolute Gasteiger partial charge is 0.407 e. The van der Waals surface area contributed by atoms with Crippen LogP contribution in [0, 0.1) is 0 Å². The van der Waals surface area contributed by atoms with Gasteiger partial charge < -0.3 is 20.2 Å². The Morgan fingerprint density at radius 1 is 1.17 bits per heavy atom. The molecule has 3 N–H and O–H groups in total. The molecule has 0 aliphatic carbocycles. The van der Waals surface area contributed by atoms with Gasteiger partial charge in [-0.15, -0.1) is 10.2 Å². The van der Waals surface area contributed by atoms with E-state index in [0.717, 1.165) is 12.2 Å². The molecule has 0 radical (unpaired) electrons. The van der Waals surface area contributed by atoms with Gasteiger partial charge in [0.25, 0.3) is 5.91 Å². The maximum absolute atomic E-state index is 12.7. The molecule has 29 heavy (non-hydrogen) atoms. The van der Waals surface area contributed by atoms with Gasteiger partial charge in [-0.25, -0.2) is 9.59 Å². The molecule has 0 saturated carbocycles. The molecule has 1 fully saturated rings. The first-order chi connectivity index (χ1) is 13.8. The number of nitrogens with zero attached hydrogens (tertiary/aromatic N) is 4. The lowest BCUT2D eigenvalue weighted by atomic mass is 10.0. The number of urea groups is 1. The second-order valence-electron chi connectivity index (χ2n) is 6.98. The third-order valence-electron chi connectivity index (χ3n) is 4.54. The van der Waals surface area contributed by atoms with Crippen LogP contribution in [0.3, 0.4) is 0 Å².